The predicted octanol–water partition coefficient (Wildman–Crippen LogP) is 1.13. The van der Waals surface area contributed by atoms with Crippen molar-refractivity contribution in [3.05, 3.63) is 24.2 Å². The highest BCUT2D eigenvalue weighted by atomic mass is 16.5. The molecular weight excluding hydrogens is 362 g/mol. The summed E-state index contributed by atoms with van der Waals surface area (Å²) in [6.07, 6.45) is 4.46. The van der Waals surface area contributed by atoms with Crippen LogP contribution < -0.4 is 5.32 Å². The third-order valence-corrected chi connectivity index (χ3v) is 5.66. The molecule has 2 aliphatic rings. The molecule has 8 nitrogen and oxygen atoms in total. The first kappa shape index (κ1) is 20.4. The number of rotatable bonds is 6. The van der Waals surface area contributed by atoms with Crippen LogP contribution in [0.15, 0.2) is 22.8 Å². The van der Waals surface area contributed by atoms with Crippen LogP contribution in [0.3, 0.4) is 0 Å². The zero-order valence-corrected chi connectivity index (χ0v) is 16.4. The molecule has 1 N–H and O–H groups in total. The molecule has 1 saturated carbocycles. The lowest BCUT2D eigenvalue weighted by atomic mass is 9.81. The van der Waals surface area contributed by atoms with Crippen molar-refractivity contribution >= 4 is 17.7 Å². The quantitative estimate of drug-likeness (QED) is 0.734. The van der Waals surface area contributed by atoms with Crippen LogP contribution in [0.2, 0.25) is 0 Å². The molecule has 1 aliphatic heterocycles. The fraction of sp³-hybridized carbons (Fsp3) is 0.650. The number of methoxy groups -OCH3 is 1. The summed E-state index contributed by atoms with van der Waals surface area (Å²) in [5, 5.41) is 2.88. The van der Waals surface area contributed by atoms with E-state index in [0.717, 1.165) is 25.7 Å². The van der Waals surface area contributed by atoms with Gasteiger partial charge in [0.1, 0.15) is 0 Å². The highest BCUT2D eigenvalue weighted by Crippen LogP contribution is 2.30. The average Bonchev–Trinajstić information content (AvgIpc) is 3.28. The highest BCUT2D eigenvalue weighted by Gasteiger charge is 2.34. The lowest BCUT2D eigenvalue weighted by Crippen LogP contribution is -2.52. The number of hydrogen-bond donors (Lipinski definition) is 1. The number of hydrogen-bond acceptors (Lipinski definition) is 5. The van der Waals surface area contributed by atoms with Crippen molar-refractivity contribution in [3.63, 3.8) is 0 Å². The topological polar surface area (TPSA) is 92.1 Å². The van der Waals surface area contributed by atoms with E-state index in [1.54, 1.807) is 24.1 Å². The molecule has 0 aromatic carbocycles. The van der Waals surface area contributed by atoms with E-state index >= 15 is 0 Å². The van der Waals surface area contributed by atoms with Crippen molar-refractivity contribution in [2.75, 3.05) is 46.4 Å². The molecule has 1 aromatic rings. The number of furan rings is 1. The Balaban J connectivity index is 1.41. The number of carbonyl (C=O) groups is 3. The lowest BCUT2D eigenvalue weighted by Gasteiger charge is -2.37. The van der Waals surface area contributed by atoms with E-state index in [1.165, 1.54) is 6.26 Å². The molecule has 0 atom stereocenters. The molecule has 0 bridgehead atoms. The minimum atomic E-state index is -0.128. The number of piperazine rings is 1. The van der Waals surface area contributed by atoms with E-state index in [-0.39, 0.29) is 29.6 Å². The van der Waals surface area contributed by atoms with Crippen molar-refractivity contribution < 1.29 is 23.5 Å². The molecule has 1 aliphatic carbocycles. The van der Waals surface area contributed by atoms with E-state index in [1.807, 2.05) is 4.90 Å². The maximum Gasteiger partial charge on any atom is 0.289 e. The van der Waals surface area contributed by atoms with Crippen molar-refractivity contribution in [2.24, 2.45) is 11.8 Å². The summed E-state index contributed by atoms with van der Waals surface area (Å²) in [7, 11) is 1.61. The Morgan fingerprint density at radius 3 is 2.32 bits per heavy atom. The van der Waals surface area contributed by atoms with Gasteiger partial charge in [0.25, 0.3) is 5.91 Å². The Morgan fingerprint density at radius 2 is 1.71 bits per heavy atom. The van der Waals surface area contributed by atoms with Crippen molar-refractivity contribution in [1.82, 2.24) is 15.1 Å². The standard InChI is InChI=1S/C20H29N3O5/c1-27-14-8-21-18(24)15-4-6-16(7-5-15)19(25)22-9-11-23(12-10-22)20(26)17-3-2-13-28-17/h2-3,13,15-16H,4-12,14H2,1H3,(H,21,24). The first-order chi connectivity index (χ1) is 13.6. The Labute approximate surface area is 165 Å². The SMILES string of the molecule is COCCNC(=O)C1CCC(C(=O)N2CCN(C(=O)c3ccco3)CC2)CC1. The molecular formula is C20H29N3O5. The van der Waals surface area contributed by atoms with Crippen molar-refractivity contribution in [1.29, 1.82) is 0 Å². The Hall–Kier alpha value is -2.35. The van der Waals surface area contributed by atoms with E-state index in [0.29, 0.717) is 45.1 Å². The number of carbonyl (C=O) groups excluding carboxylic acids is 3. The normalized spacial score (nSPS) is 22.8. The smallest absolute Gasteiger partial charge is 0.289 e. The summed E-state index contributed by atoms with van der Waals surface area (Å²) in [6.45, 7) is 3.15. The van der Waals surface area contributed by atoms with Gasteiger partial charge in [-0.2, -0.15) is 0 Å². The van der Waals surface area contributed by atoms with E-state index < -0.39 is 0 Å². The molecule has 1 saturated heterocycles. The van der Waals surface area contributed by atoms with Crippen LogP contribution in [-0.2, 0) is 14.3 Å². The summed E-state index contributed by atoms with van der Waals surface area (Å²) < 4.78 is 10.1. The van der Waals surface area contributed by atoms with Crippen LogP contribution in [0.25, 0.3) is 0 Å². The number of ether oxygens (including phenoxy) is 1. The van der Waals surface area contributed by atoms with E-state index in [2.05, 4.69) is 5.32 Å². The van der Waals surface area contributed by atoms with Crippen LogP contribution in [0.4, 0.5) is 0 Å². The van der Waals surface area contributed by atoms with Crippen LogP contribution in [-0.4, -0.2) is 74.0 Å². The molecule has 2 fully saturated rings. The predicted molar refractivity (Wildman–Crippen MR) is 102 cm³/mol. The van der Waals surface area contributed by atoms with Gasteiger partial charge in [0.05, 0.1) is 12.9 Å². The second-order valence-electron chi connectivity index (χ2n) is 7.43. The molecule has 0 radical (unpaired) electrons. The van der Waals surface area contributed by atoms with Crippen LogP contribution in [0.5, 0.6) is 0 Å². The van der Waals surface area contributed by atoms with E-state index in [9.17, 15) is 14.4 Å². The molecule has 3 amide bonds. The molecule has 154 valence electrons. The van der Waals surface area contributed by atoms with Gasteiger partial charge >= 0.3 is 0 Å². The second kappa shape index (κ2) is 9.73. The fourth-order valence-corrected chi connectivity index (χ4v) is 3.97. The third kappa shape index (κ3) is 4.92. The zero-order valence-electron chi connectivity index (χ0n) is 16.4. The summed E-state index contributed by atoms with van der Waals surface area (Å²) in [5.74, 6) is 0.398. The molecule has 8 heteroatoms. The summed E-state index contributed by atoms with van der Waals surface area (Å²) in [4.78, 5) is 40.9. The maximum atomic E-state index is 12.8. The van der Waals surface area contributed by atoms with Crippen LogP contribution >= 0.6 is 0 Å². The van der Waals surface area contributed by atoms with Gasteiger partial charge in [0, 0.05) is 51.7 Å². The minimum absolute atomic E-state index is 0.0105. The average molecular weight is 391 g/mol. The van der Waals surface area contributed by atoms with Gasteiger partial charge in [0.15, 0.2) is 5.76 Å². The Morgan fingerprint density at radius 1 is 1.07 bits per heavy atom. The Kier molecular flexibility index (Phi) is 7.08. The van der Waals surface area contributed by atoms with Gasteiger partial charge in [0.2, 0.25) is 11.8 Å². The van der Waals surface area contributed by atoms with Crippen molar-refractivity contribution in [3.8, 4) is 0 Å². The summed E-state index contributed by atoms with van der Waals surface area (Å²) in [5.41, 5.74) is 0. The van der Waals surface area contributed by atoms with Gasteiger partial charge in [-0.3, -0.25) is 14.4 Å². The molecule has 2 heterocycles. The van der Waals surface area contributed by atoms with Gasteiger partial charge in [-0.1, -0.05) is 0 Å². The van der Waals surface area contributed by atoms with Crippen LogP contribution in [0.1, 0.15) is 36.2 Å². The molecule has 0 unspecified atom stereocenters. The van der Waals surface area contributed by atoms with Gasteiger partial charge in [-0.15, -0.1) is 0 Å². The van der Waals surface area contributed by atoms with Crippen LogP contribution in [0, 0.1) is 11.8 Å². The largest absolute Gasteiger partial charge is 0.459 e. The number of amides is 3. The molecule has 0 spiro atoms. The Bertz CT molecular complexity index is 659. The maximum absolute atomic E-state index is 12.8. The lowest BCUT2D eigenvalue weighted by molar-refractivity contribution is -0.139. The monoisotopic (exact) mass is 391 g/mol. The summed E-state index contributed by atoms with van der Waals surface area (Å²) >= 11 is 0. The number of nitrogens with one attached hydrogen (secondary N) is 1. The second-order valence-corrected chi connectivity index (χ2v) is 7.43. The molecule has 3 rings (SSSR count). The first-order valence-corrected chi connectivity index (χ1v) is 9.98. The van der Waals surface area contributed by atoms with Gasteiger partial charge in [-0.05, 0) is 37.8 Å². The highest BCUT2D eigenvalue weighted by molar-refractivity contribution is 5.91. The zero-order chi connectivity index (χ0) is 19.9. The molecule has 28 heavy (non-hydrogen) atoms. The first-order valence-electron chi connectivity index (χ1n) is 9.98. The minimum Gasteiger partial charge on any atom is -0.459 e. The summed E-state index contributed by atoms with van der Waals surface area (Å²) in [6, 6.07) is 3.35. The van der Waals surface area contributed by atoms with Crippen molar-refractivity contribution in [2.45, 2.75) is 25.7 Å². The fourth-order valence-electron chi connectivity index (χ4n) is 3.97. The molecule has 1 aromatic heterocycles. The third-order valence-electron chi connectivity index (χ3n) is 5.66. The van der Waals surface area contributed by atoms with E-state index in [4.69, 9.17) is 9.15 Å². The van der Waals surface area contributed by atoms with Gasteiger partial charge in [-0.25, -0.2) is 0 Å². The van der Waals surface area contributed by atoms with Gasteiger partial charge < -0.3 is 24.3 Å². The number of nitrogens with zero attached hydrogens (tertiary/aromatic N) is 2.